The molecule has 116 valence electrons. The van der Waals surface area contributed by atoms with Gasteiger partial charge >= 0.3 is 0 Å². The monoisotopic (exact) mass is 292 g/mol. The van der Waals surface area contributed by atoms with Crippen LogP contribution in [-0.2, 0) is 6.54 Å². The molecule has 0 atom stereocenters. The Morgan fingerprint density at radius 3 is 2.76 bits per heavy atom. The van der Waals surface area contributed by atoms with Gasteiger partial charge in [-0.1, -0.05) is 32.1 Å². The molecule has 1 aromatic rings. The van der Waals surface area contributed by atoms with Gasteiger partial charge in [0.25, 0.3) is 5.69 Å². The average molecular weight is 292 g/mol. The molecule has 0 radical (unpaired) electrons. The van der Waals surface area contributed by atoms with E-state index in [4.69, 9.17) is 4.74 Å². The number of nitrogens with one attached hydrogen (secondary N) is 1. The maximum absolute atomic E-state index is 10.8. The Hall–Kier alpha value is -1.62. The van der Waals surface area contributed by atoms with E-state index in [1.807, 2.05) is 0 Å². The molecule has 1 aliphatic rings. The lowest BCUT2D eigenvalue weighted by molar-refractivity contribution is -0.384. The van der Waals surface area contributed by atoms with Crippen LogP contribution in [0.4, 0.5) is 5.69 Å². The zero-order chi connectivity index (χ0) is 15.1. The van der Waals surface area contributed by atoms with Crippen LogP contribution < -0.4 is 10.1 Å². The van der Waals surface area contributed by atoms with Gasteiger partial charge in [0.2, 0.25) is 0 Å². The molecule has 5 nitrogen and oxygen atoms in total. The smallest absolute Gasteiger partial charge is 0.270 e. The fraction of sp³-hybridized carbons (Fsp3) is 0.625. The zero-order valence-corrected chi connectivity index (χ0v) is 12.6. The van der Waals surface area contributed by atoms with E-state index in [0.717, 1.165) is 18.0 Å². The summed E-state index contributed by atoms with van der Waals surface area (Å²) in [4.78, 5) is 10.5. The molecule has 0 spiro atoms. The second-order valence-electron chi connectivity index (χ2n) is 5.72. The lowest BCUT2D eigenvalue weighted by atomic mass is 9.87. The molecule has 0 saturated heterocycles. The third kappa shape index (κ3) is 4.70. The maximum Gasteiger partial charge on any atom is 0.270 e. The average Bonchev–Trinajstić information content (AvgIpc) is 2.52. The number of ether oxygens (including phenoxy) is 1. The number of nitro benzene ring substituents is 1. The number of rotatable bonds is 7. The van der Waals surface area contributed by atoms with Crippen LogP contribution in [0.25, 0.3) is 0 Å². The normalized spacial score (nSPS) is 15.9. The molecule has 0 bridgehead atoms. The van der Waals surface area contributed by atoms with Crippen LogP contribution in [0.1, 0.15) is 44.1 Å². The molecule has 0 heterocycles. The number of nitro groups is 1. The van der Waals surface area contributed by atoms with E-state index >= 15 is 0 Å². The number of hydrogen-bond acceptors (Lipinski definition) is 4. The Balaban J connectivity index is 1.83. The van der Waals surface area contributed by atoms with Crippen molar-refractivity contribution in [1.29, 1.82) is 0 Å². The second-order valence-corrected chi connectivity index (χ2v) is 5.72. The summed E-state index contributed by atoms with van der Waals surface area (Å²) in [5.74, 6) is 1.55. The second kappa shape index (κ2) is 7.98. The van der Waals surface area contributed by atoms with E-state index in [2.05, 4.69) is 5.32 Å². The van der Waals surface area contributed by atoms with Crippen molar-refractivity contribution in [2.24, 2.45) is 5.92 Å². The van der Waals surface area contributed by atoms with Gasteiger partial charge in [-0.15, -0.1) is 0 Å². The number of benzene rings is 1. The summed E-state index contributed by atoms with van der Waals surface area (Å²) in [5, 5.41) is 14.2. The SMILES string of the molecule is COc1ccc([N+](=O)[O-])cc1CNCCC1CCCCC1. The molecule has 1 N–H and O–H groups in total. The molecule has 2 rings (SSSR count). The first-order valence-corrected chi connectivity index (χ1v) is 7.72. The lowest BCUT2D eigenvalue weighted by Crippen LogP contribution is -2.19. The standard InChI is InChI=1S/C16H24N2O3/c1-21-16-8-7-15(18(19)20)11-14(16)12-17-10-9-13-5-3-2-4-6-13/h7-8,11,13,17H,2-6,9-10,12H2,1H3. The summed E-state index contributed by atoms with van der Waals surface area (Å²) in [7, 11) is 1.59. The maximum atomic E-state index is 10.8. The van der Waals surface area contributed by atoms with Gasteiger partial charge in [-0.05, 0) is 24.9 Å². The van der Waals surface area contributed by atoms with Gasteiger partial charge in [-0.2, -0.15) is 0 Å². The summed E-state index contributed by atoms with van der Waals surface area (Å²) in [6.45, 7) is 1.56. The topological polar surface area (TPSA) is 64.4 Å². The third-order valence-electron chi connectivity index (χ3n) is 4.24. The van der Waals surface area contributed by atoms with Crippen LogP contribution in [-0.4, -0.2) is 18.6 Å². The zero-order valence-electron chi connectivity index (χ0n) is 12.6. The molecule has 21 heavy (non-hydrogen) atoms. The van der Waals surface area contributed by atoms with E-state index in [0.29, 0.717) is 12.3 Å². The molecule has 0 amide bonds. The highest BCUT2D eigenvalue weighted by molar-refractivity contribution is 5.43. The van der Waals surface area contributed by atoms with E-state index in [1.165, 1.54) is 44.6 Å². The molecular formula is C16H24N2O3. The van der Waals surface area contributed by atoms with E-state index < -0.39 is 0 Å². The minimum Gasteiger partial charge on any atom is -0.496 e. The first kappa shape index (κ1) is 15.8. The molecular weight excluding hydrogens is 268 g/mol. The molecule has 0 aromatic heterocycles. The highest BCUT2D eigenvalue weighted by atomic mass is 16.6. The van der Waals surface area contributed by atoms with Crippen molar-refractivity contribution in [3.05, 3.63) is 33.9 Å². The fourth-order valence-electron chi connectivity index (χ4n) is 3.02. The van der Waals surface area contributed by atoms with Crippen molar-refractivity contribution in [3.63, 3.8) is 0 Å². The molecule has 1 aliphatic carbocycles. The fourth-order valence-corrected chi connectivity index (χ4v) is 3.02. The summed E-state index contributed by atoms with van der Waals surface area (Å²) in [6, 6.07) is 4.73. The Morgan fingerprint density at radius 2 is 2.10 bits per heavy atom. The van der Waals surface area contributed by atoms with Crippen LogP contribution in [0, 0.1) is 16.0 Å². The van der Waals surface area contributed by atoms with Gasteiger partial charge in [-0.25, -0.2) is 0 Å². The van der Waals surface area contributed by atoms with Gasteiger partial charge < -0.3 is 10.1 Å². The first-order valence-electron chi connectivity index (χ1n) is 7.72. The minimum atomic E-state index is -0.370. The van der Waals surface area contributed by atoms with Gasteiger partial charge in [0.05, 0.1) is 12.0 Å². The van der Waals surface area contributed by atoms with E-state index in [9.17, 15) is 10.1 Å². The molecule has 1 fully saturated rings. The largest absolute Gasteiger partial charge is 0.496 e. The van der Waals surface area contributed by atoms with Crippen LogP contribution >= 0.6 is 0 Å². The number of nitrogens with zero attached hydrogens (tertiary/aromatic N) is 1. The van der Waals surface area contributed by atoms with Crippen molar-refractivity contribution < 1.29 is 9.66 Å². The summed E-state index contributed by atoms with van der Waals surface area (Å²) >= 11 is 0. The van der Waals surface area contributed by atoms with Crippen molar-refractivity contribution >= 4 is 5.69 Å². The molecule has 5 heteroatoms. The van der Waals surface area contributed by atoms with Gasteiger partial charge in [0.15, 0.2) is 0 Å². The minimum absolute atomic E-state index is 0.111. The highest BCUT2D eigenvalue weighted by Gasteiger charge is 2.14. The lowest BCUT2D eigenvalue weighted by Gasteiger charge is -2.21. The van der Waals surface area contributed by atoms with Crippen molar-refractivity contribution in [3.8, 4) is 5.75 Å². The van der Waals surface area contributed by atoms with Gasteiger partial charge in [0, 0.05) is 24.2 Å². The van der Waals surface area contributed by atoms with Crippen molar-refractivity contribution in [1.82, 2.24) is 5.32 Å². The Morgan fingerprint density at radius 1 is 1.33 bits per heavy atom. The predicted octanol–water partition coefficient (Wildman–Crippen LogP) is 3.66. The first-order chi connectivity index (χ1) is 10.2. The van der Waals surface area contributed by atoms with Gasteiger partial charge in [-0.3, -0.25) is 10.1 Å². The summed E-state index contributed by atoms with van der Waals surface area (Å²) in [6.07, 6.45) is 8.00. The number of methoxy groups -OCH3 is 1. The molecule has 1 saturated carbocycles. The van der Waals surface area contributed by atoms with E-state index in [-0.39, 0.29) is 10.6 Å². The van der Waals surface area contributed by atoms with Crippen LogP contribution in [0.2, 0.25) is 0 Å². The number of hydrogen-bond donors (Lipinski definition) is 1. The van der Waals surface area contributed by atoms with E-state index in [1.54, 1.807) is 19.2 Å². The van der Waals surface area contributed by atoms with Crippen LogP contribution in [0.15, 0.2) is 18.2 Å². The predicted molar refractivity (Wildman–Crippen MR) is 82.5 cm³/mol. The third-order valence-corrected chi connectivity index (χ3v) is 4.24. The Bertz CT molecular complexity index is 471. The Kier molecular flexibility index (Phi) is 5.99. The van der Waals surface area contributed by atoms with Crippen LogP contribution in [0.5, 0.6) is 5.75 Å². The number of non-ortho nitro benzene ring substituents is 1. The summed E-state index contributed by atoms with van der Waals surface area (Å²) in [5.41, 5.74) is 0.954. The van der Waals surface area contributed by atoms with Crippen LogP contribution in [0.3, 0.4) is 0 Å². The summed E-state index contributed by atoms with van der Waals surface area (Å²) < 4.78 is 5.26. The quantitative estimate of drug-likeness (QED) is 0.473. The molecule has 0 aliphatic heterocycles. The van der Waals surface area contributed by atoms with Gasteiger partial charge in [0.1, 0.15) is 5.75 Å². The van der Waals surface area contributed by atoms with Crippen molar-refractivity contribution in [2.45, 2.75) is 45.1 Å². The molecule has 1 aromatic carbocycles. The molecule has 0 unspecified atom stereocenters. The Labute approximate surface area is 125 Å². The highest BCUT2D eigenvalue weighted by Crippen LogP contribution is 2.26. The van der Waals surface area contributed by atoms with Crippen molar-refractivity contribution in [2.75, 3.05) is 13.7 Å².